The lowest BCUT2D eigenvalue weighted by atomic mass is 10.0. The van der Waals surface area contributed by atoms with Gasteiger partial charge in [0.05, 0.1) is 5.69 Å². The van der Waals surface area contributed by atoms with Gasteiger partial charge < -0.3 is 4.98 Å². The largest absolute Gasteiger partial charge is 0.301 e. The van der Waals surface area contributed by atoms with Crippen molar-refractivity contribution in [1.29, 1.82) is 0 Å². The van der Waals surface area contributed by atoms with E-state index in [1.807, 2.05) is 48.5 Å². The second-order valence-corrected chi connectivity index (χ2v) is 7.83. The van der Waals surface area contributed by atoms with Crippen molar-refractivity contribution in [2.75, 3.05) is 5.75 Å². The molecule has 26 heavy (non-hydrogen) atoms. The molecule has 2 aromatic carbocycles. The molecule has 3 nitrogen and oxygen atoms in total. The summed E-state index contributed by atoms with van der Waals surface area (Å²) in [5.74, 6) is 1.48. The Bertz CT molecular complexity index is 889. The molecule has 3 aromatic rings. The third kappa shape index (κ3) is 5.09. The predicted molar refractivity (Wildman–Crippen MR) is 109 cm³/mol. The summed E-state index contributed by atoms with van der Waals surface area (Å²) >= 11 is 1.62. The Labute approximate surface area is 158 Å². The quantitative estimate of drug-likeness (QED) is 0.488. The summed E-state index contributed by atoms with van der Waals surface area (Å²) < 4.78 is 0. The highest BCUT2D eigenvalue weighted by Gasteiger charge is 2.13. The second-order valence-electron chi connectivity index (χ2n) is 6.83. The van der Waals surface area contributed by atoms with Crippen LogP contribution in [-0.4, -0.2) is 15.7 Å². The lowest BCUT2D eigenvalue weighted by molar-refractivity contribution is 0.745. The zero-order valence-electron chi connectivity index (χ0n) is 15.2. The molecule has 0 saturated carbocycles. The number of H-pyrrole nitrogens is 1. The van der Waals surface area contributed by atoms with Crippen molar-refractivity contribution in [1.82, 2.24) is 9.97 Å². The van der Waals surface area contributed by atoms with Crippen molar-refractivity contribution in [3.8, 4) is 0 Å². The fourth-order valence-corrected chi connectivity index (χ4v) is 3.58. The van der Waals surface area contributed by atoms with Crippen molar-refractivity contribution in [3.63, 3.8) is 0 Å². The molecule has 0 saturated heterocycles. The van der Waals surface area contributed by atoms with E-state index < -0.39 is 0 Å². The summed E-state index contributed by atoms with van der Waals surface area (Å²) in [6.07, 6.45) is 1.27. The number of hydrogen-bond donors (Lipinski definition) is 1. The first-order valence-electron chi connectivity index (χ1n) is 8.94. The molecule has 1 aromatic heterocycles. The van der Waals surface area contributed by atoms with Crippen LogP contribution in [0.15, 0.2) is 70.6 Å². The van der Waals surface area contributed by atoms with Crippen molar-refractivity contribution in [3.05, 3.63) is 93.4 Å². The average Bonchev–Trinajstić information content (AvgIpc) is 2.64. The molecule has 0 atom stereocenters. The molecule has 1 N–H and O–H groups in total. The Morgan fingerprint density at radius 3 is 2.08 bits per heavy atom. The van der Waals surface area contributed by atoms with Gasteiger partial charge in [0, 0.05) is 24.2 Å². The number of thioether (sulfide) groups is 1. The van der Waals surface area contributed by atoms with Crippen molar-refractivity contribution < 1.29 is 0 Å². The first kappa shape index (κ1) is 18.5. The lowest BCUT2D eigenvalue weighted by Crippen LogP contribution is -2.19. The Kier molecular flexibility index (Phi) is 6.29. The number of nitrogens with one attached hydrogen (secondary N) is 1. The van der Waals surface area contributed by atoms with E-state index in [0.717, 1.165) is 22.6 Å². The van der Waals surface area contributed by atoms with Gasteiger partial charge in [-0.3, -0.25) is 4.79 Å². The van der Waals surface area contributed by atoms with Gasteiger partial charge in [0.15, 0.2) is 5.16 Å². The minimum Gasteiger partial charge on any atom is -0.301 e. The molecular formula is C22H24N2OS. The number of aromatic nitrogens is 2. The Morgan fingerprint density at radius 1 is 0.923 bits per heavy atom. The summed E-state index contributed by atoms with van der Waals surface area (Å²) in [6, 6.07) is 20.3. The number of rotatable bonds is 7. The fourth-order valence-electron chi connectivity index (χ4n) is 2.75. The molecule has 0 aliphatic carbocycles. The predicted octanol–water partition coefficient (Wildman–Crippen LogP) is 4.70. The zero-order valence-corrected chi connectivity index (χ0v) is 16.1. The molecule has 0 fully saturated rings. The van der Waals surface area contributed by atoms with E-state index in [1.54, 1.807) is 11.8 Å². The first-order chi connectivity index (χ1) is 12.6. The maximum Gasteiger partial charge on any atom is 0.255 e. The van der Waals surface area contributed by atoms with Crippen LogP contribution in [0.1, 0.15) is 36.2 Å². The fraction of sp³-hybridized carbons (Fsp3) is 0.273. The lowest BCUT2D eigenvalue weighted by Gasteiger charge is -2.11. The normalized spacial score (nSPS) is 11.0. The third-order valence-corrected chi connectivity index (χ3v) is 5.37. The molecule has 0 radical (unpaired) electrons. The summed E-state index contributed by atoms with van der Waals surface area (Å²) in [6.45, 7) is 4.33. The van der Waals surface area contributed by atoms with E-state index in [0.29, 0.717) is 23.9 Å². The summed E-state index contributed by atoms with van der Waals surface area (Å²) in [5, 5.41) is 0.714. The highest BCUT2D eigenvalue weighted by Crippen LogP contribution is 2.19. The van der Waals surface area contributed by atoms with E-state index in [-0.39, 0.29) is 5.56 Å². The Balaban J connectivity index is 1.96. The molecule has 0 unspecified atom stereocenters. The van der Waals surface area contributed by atoms with E-state index in [9.17, 15) is 4.79 Å². The summed E-state index contributed by atoms with van der Waals surface area (Å²) in [5.41, 5.74) is 3.89. The van der Waals surface area contributed by atoms with E-state index in [4.69, 9.17) is 4.98 Å². The van der Waals surface area contributed by atoms with E-state index in [2.05, 4.69) is 31.0 Å². The van der Waals surface area contributed by atoms with Gasteiger partial charge in [-0.05, 0) is 17.0 Å². The van der Waals surface area contributed by atoms with Crippen molar-refractivity contribution in [2.24, 2.45) is 5.92 Å². The van der Waals surface area contributed by atoms with Crippen LogP contribution in [0.2, 0.25) is 0 Å². The van der Waals surface area contributed by atoms with Gasteiger partial charge >= 0.3 is 0 Å². The van der Waals surface area contributed by atoms with Crippen LogP contribution in [0.3, 0.4) is 0 Å². The van der Waals surface area contributed by atoms with E-state index >= 15 is 0 Å². The first-order valence-corrected chi connectivity index (χ1v) is 9.93. The van der Waals surface area contributed by atoms with Crippen LogP contribution < -0.4 is 5.56 Å². The highest BCUT2D eigenvalue weighted by atomic mass is 32.2. The molecule has 0 bridgehead atoms. The number of hydrogen-bond acceptors (Lipinski definition) is 3. The standard InChI is InChI=1S/C22H24N2OS/c1-16(2)15-26-22-23-20(14-18-11-7-4-8-12-18)19(21(25)24-22)13-17-9-5-3-6-10-17/h3-12,16H,13-15H2,1-2H3,(H,23,24,25). The average molecular weight is 365 g/mol. The topological polar surface area (TPSA) is 45.8 Å². The van der Waals surface area contributed by atoms with Gasteiger partial charge in [-0.15, -0.1) is 0 Å². The monoisotopic (exact) mass is 364 g/mol. The molecule has 134 valence electrons. The van der Waals surface area contributed by atoms with Gasteiger partial charge in [-0.1, -0.05) is 86.3 Å². The Hall–Kier alpha value is -2.33. The van der Waals surface area contributed by atoms with Gasteiger partial charge in [0.1, 0.15) is 0 Å². The molecule has 0 spiro atoms. The molecule has 3 rings (SSSR count). The minimum atomic E-state index is -0.0268. The van der Waals surface area contributed by atoms with Crippen LogP contribution >= 0.6 is 11.8 Å². The van der Waals surface area contributed by atoms with Gasteiger partial charge in [0.25, 0.3) is 5.56 Å². The van der Waals surface area contributed by atoms with Gasteiger partial charge in [-0.25, -0.2) is 4.98 Å². The third-order valence-electron chi connectivity index (χ3n) is 4.07. The SMILES string of the molecule is CC(C)CSc1nc(Cc2ccccc2)c(Cc2ccccc2)c(=O)[nH]1. The second kappa shape index (κ2) is 8.86. The minimum absolute atomic E-state index is 0.0268. The summed E-state index contributed by atoms with van der Waals surface area (Å²) in [4.78, 5) is 20.6. The van der Waals surface area contributed by atoms with Crippen molar-refractivity contribution >= 4 is 11.8 Å². The molecule has 1 heterocycles. The van der Waals surface area contributed by atoms with Crippen LogP contribution in [0.25, 0.3) is 0 Å². The van der Waals surface area contributed by atoms with Crippen LogP contribution in [-0.2, 0) is 12.8 Å². The number of benzene rings is 2. The number of aromatic amines is 1. The van der Waals surface area contributed by atoms with Gasteiger partial charge in [0.2, 0.25) is 0 Å². The summed E-state index contributed by atoms with van der Waals surface area (Å²) in [7, 11) is 0. The molecule has 0 aliphatic heterocycles. The van der Waals surface area contributed by atoms with Crippen LogP contribution in [0.5, 0.6) is 0 Å². The Morgan fingerprint density at radius 2 is 1.50 bits per heavy atom. The number of nitrogens with zero attached hydrogens (tertiary/aromatic N) is 1. The highest BCUT2D eigenvalue weighted by molar-refractivity contribution is 7.99. The van der Waals surface area contributed by atoms with Crippen LogP contribution in [0, 0.1) is 5.92 Å². The van der Waals surface area contributed by atoms with Gasteiger partial charge in [-0.2, -0.15) is 0 Å². The molecule has 4 heteroatoms. The smallest absolute Gasteiger partial charge is 0.255 e. The van der Waals surface area contributed by atoms with Crippen LogP contribution in [0.4, 0.5) is 0 Å². The zero-order chi connectivity index (χ0) is 18.4. The molecular weight excluding hydrogens is 340 g/mol. The van der Waals surface area contributed by atoms with E-state index in [1.165, 1.54) is 5.56 Å². The maximum absolute atomic E-state index is 12.8. The molecule has 0 aliphatic rings. The maximum atomic E-state index is 12.8. The molecule has 0 amide bonds. The van der Waals surface area contributed by atoms with Crippen molar-refractivity contribution in [2.45, 2.75) is 31.8 Å².